The zero-order valence-electron chi connectivity index (χ0n) is 13.5. The summed E-state index contributed by atoms with van der Waals surface area (Å²) in [5, 5.41) is 8.63. The lowest BCUT2D eigenvalue weighted by Crippen LogP contribution is -2.74. The van der Waals surface area contributed by atoms with Crippen molar-refractivity contribution in [3.63, 3.8) is 0 Å². The number of nitrogens with one attached hydrogen (secondary N) is 1. The van der Waals surface area contributed by atoms with Gasteiger partial charge in [-0.05, 0) is 19.9 Å². The van der Waals surface area contributed by atoms with E-state index in [-0.39, 0.29) is 18.9 Å². The topological polar surface area (TPSA) is 42.7 Å². The van der Waals surface area contributed by atoms with Crippen molar-refractivity contribution in [3.8, 4) is 0 Å². The summed E-state index contributed by atoms with van der Waals surface area (Å²) >= 11 is 0. The number of alkyl halides is 2. The highest BCUT2D eigenvalue weighted by atomic mass is 19.3. The number of hydrogen-bond acceptors (Lipinski definition) is 3. The molecule has 22 heavy (non-hydrogen) atoms. The van der Waals surface area contributed by atoms with Gasteiger partial charge in [-0.1, -0.05) is 13.8 Å². The molecule has 0 radical (unpaired) electrons. The molecular weight excluding hydrogens is 286 g/mol. The van der Waals surface area contributed by atoms with Crippen LogP contribution >= 0.6 is 0 Å². The molecule has 2 aromatic rings. The van der Waals surface area contributed by atoms with Gasteiger partial charge in [-0.3, -0.25) is 9.67 Å². The van der Waals surface area contributed by atoms with Crippen LogP contribution in [-0.4, -0.2) is 32.8 Å². The van der Waals surface area contributed by atoms with E-state index in [1.165, 1.54) is 0 Å². The van der Waals surface area contributed by atoms with Crippen molar-refractivity contribution in [2.45, 2.75) is 58.0 Å². The lowest BCUT2D eigenvalue weighted by molar-refractivity contribution is -0.175. The van der Waals surface area contributed by atoms with Crippen molar-refractivity contribution in [3.05, 3.63) is 23.7 Å². The molecule has 4 rings (SSSR count). The van der Waals surface area contributed by atoms with E-state index in [9.17, 15) is 8.78 Å². The van der Waals surface area contributed by atoms with Gasteiger partial charge in [0.25, 0.3) is 5.92 Å². The fourth-order valence-corrected chi connectivity index (χ4v) is 3.63. The van der Waals surface area contributed by atoms with E-state index in [4.69, 9.17) is 0 Å². The average Bonchev–Trinajstić information content (AvgIpc) is 2.81. The number of rotatable bonds is 1. The van der Waals surface area contributed by atoms with E-state index < -0.39 is 11.5 Å². The van der Waals surface area contributed by atoms with Crippen LogP contribution in [0, 0.1) is 13.8 Å². The van der Waals surface area contributed by atoms with E-state index >= 15 is 0 Å². The maximum Gasteiger partial charge on any atom is 0.251 e. The SMILES string of the molecule is CC.Cc1cc2c(cnn2C2CNC23CC(F)(F)C3)c(C)n1. The standard InChI is InChI=1S/C14H16F2N4.C2H6/c1-8-3-11-10(9(2)19-8)4-18-20(11)12-5-17-13(12)6-14(15,16)7-13;1-2/h3-4,12,17H,5-7H2,1-2H3;1-2H3. The molecule has 1 aliphatic carbocycles. The van der Waals surface area contributed by atoms with E-state index in [1.54, 1.807) is 6.20 Å². The number of hydrogen-bond donors (Lipinski definition) is 1. The molecule has 120 valence electrons. The highest BCUT2D eigenvalue weighted by Gasteiger charge is 2.65. The van der Waals surface area contributed by atoms with Crippen molar-refractivity contribution < 1.29 is 8.78 Å². The molecule has 1 atom stereocenters. The van der Waals surface area contributed by atoms with Crippen molar-refractivity contribution in [1.82, 2.24) is 20.1 Å². The molecule has 0 aromatic carbocycles. The molecule has 4 nitrogen and oxygen atoms in total. The summed E-state index contributed by atoms with van der Waals surface area (Å²) in [6, 6.07) is 2.00. The first-order valence-electron chi connectivity index (χ1n) is 7.85. The number of halogens is 2. The largest absolute Gasteiger partial charge is 0.307 e. The Morgan fingerprint density at radius 3 is 2.50 bits per heavy atom. The van der Waals surface area contributed by atoms with Gasteiger partial charge in [0.05, 0.1) is 23.3 Å². The first-order valence-corrected chi connectivity index (χ1v) is 7.85. The van der Waals surface area contributed by atoms with Crippen LogP contribution in [0.5, 0.6) is 0 Å². The molecule has 0 amide bonds. The van der Waals surface area contributed by atoms with E-state index in [0.717, 1.165) is 22.3 Å². The van der Waals surface area contributed by atoms with Crippen molar-refractivity contribution in [2.24, 2.45) is 0 Å². The molecule has 2 aliphatic rings. The van der Waals surface area contributed by atoms with E-state index in [2.05, 4.69) is 15.4 Å². The highest BCUT2D eigenvalue weighted by Crippen LogP contribution is 2.54. The minimum Gasteiger partial charge on any atom is -0.307 e. The summed E-state index contributed by atoms with van der Waals surface area (Å²) in [5.41, 5.74) is 2.40. The average molecular weight is 308 g/mol. The zero-order chi connectivity index (χ0) is 16.1. The second-order valence-electron chi connectivity index (χ2n) is 6.13. The number of nitrogens with zero attached hydrogens (tertiary/aromatic N) is 3. The molecule has 2 aromatic heterocycles. The zero-order valence-corrected chi connectivity index (χ0v) is 13.5. The number of fused-ring (bicyclic) bond motifs is 1. The van der Waals surface area contributed by atoms with Crippen LogP contribution in [-0.2, 0) is 0 Å². The number of pyridine rings is 1. The third kappa shape index (κ3) is 2.12. The van der Waals surface area contributed by atoms with Gasteiger partial charge < -0.3 is 5.32 Å². The van der Waals surface area contributed by atoms with Crippen molar-refractivity contribution >= 4 is 10.9 Å². The quantitative estimate of drug-likeness (QED) is 0.878. The lowest BCUT2D eigenvalue weighted by Gasteiger charge is -2.59. The second kappa shape index (κ2) is 4.98. The van der Waals surface area contributed by atoms with Crippen LogP contribution in [0.2, 0.25) is 0 Å². The first-order chi connectivity index (χ1) is 10.4. The molecule has 2 fully saturated rings. The lowest BCUT2D eigenvalue weighted by atomic mass is 9.64. The fraction of sp³-hybridized carbons (Fsp3) is 0.625. The summed E-state index contributed by atoms with van der Waals surface area (Å²) in [4.78, 5) is 4.42. The second-order valence-corrected chi connectivity index (χ2v) is 6.13. The Morgan fingerprint density at radius 1 is 1.27 bits per heavy atom. The predicted octanol–water partition coefficient (Wildman–Crippen LogP) is 3.39. The van der Waals surface area contributed by atoms with Crippen LogP contribution in [0.15, 0.2) is 12.3 Å². The Labute approximate surface area is 128 Å². The number of aryl methyl sites for hydroxylation is 2. The van der Waals surface area contributed by atoms with Gasteiger partial charge in [-0.15, -0.1) is 0 Å². The Balaban J connectivity index is 0.000000693. The maximum atomic E-state index is 13.2. The van der Waals surface area contributed by atoms with Crippen molar-refractivity contribution in [2.75, 3.05) is 6.54 Å². The molecule has 6 heteroatoms. The van der Waals surface area contributed by atoms with E-state index in [0.29, 0.717) is 6.54 Å². The summed E-state index contributed by atoms with van der Waals surface area (Å²) < 4.78 is 28.4. The van der Waals surface area contributed by atoms with Gasteiger partial charge in [0.1, 0.15) is 0 Å². The molecule has 1 aliphatic heterocycles. The smallest absolute Gasteiger partial charge is 0.251 e. The fourth-order valence-electron chi connectivity index (χ4n) is 3.63. The predicted molar refractivity (Wildman–Crippen MR) is 82.3 cm³/mol. The minimum atomic E-state index is -2.53. The van der Waals surface area contributed by atoms with Crippen LogP contribution in [0.25, 0.3) is 10.9 Å². The Bertz CT molecular complexity index is 699. The Hall–Kier alpha value is -1.56. The summed E-state index contributed by atoms with van der Waals surface area (Å²) in [5.74, 6) is -2.53. The Kier molecular flexibility index (Phi) is 3.47. The maximum absolute atomic E-state index is 13.2. The van der Waals surface area contributed by atoms with E-state index in [1.807, 2.05) is 38.4 Å². The van der Waals surface area contributed by atoms with Gasteiger partial charge in [-0.2, -0.15) is 5.10 Å². The molecular formula is C16H22F2N4. The molecule has 0 bridgehead atoms. The van der Waals surface area contributed by atoms with Gasteiger partial charge in [0.2, 0.25) is 0 Å². The molecule has 1 unspecified atom stereocenters. The van der Waals surface area contributed by atoms with Gasteiger partial charge in [0, 0.05) is 36.2 Å². The van der Waals surface area contributed by atoms with Crippen molar-refractivity contribution in [1.29, 1.82) is 0 Å². The third-order valence-electron chi connectivity index (χ3n) is 4.64. The monoisotopic (exact) mass is 308 g/mol. The van der Waals surface area contributed by atoms with Gasteiger partial charge >= 0.3 is 0 Å². The normalized spacial score (nSPS) is 24.4. The molecule has 1 saturated carbocycles. The Morgan fingerprint density at radius 2 is 1.95 bits per heavy atom. The van der Waals surface area contributed by atoms with Gasteiger partial charge in [0.15, 0.2) is 0 Å². The number of aromatic nitrogens is 3. The third-order valence-corrected chi connectivity index (χ3v) is 4.64. The summed E-state index contributed by atoms with van der Waals surface area (Å²) in [6.45, 7) is 8.59. The van der Waals surface area contributed by atoms with Crippen LogP contribution in [0.3, 0.4) is 0 Å². The molecule has 3 heterocycles. The molecule has 1 saturated heterocycles. The summed E-state index contributed by atoms with van der Waals surface area (Å²) in [7, 11) is 0. The van der Waals surface area contributed by atoms with Gasteiger partial charge in [-0.25, -0.2) is 8.78 Å². The van der Waals surface area contributed by atoms with Crippen LogP contribution < -0.4 is 5.32 Å². The van der Waals surface area contributed by atoms with Crippen LogP contribution in [0.1, 0.15) is 44.1 Å². The minimum absolute atomic E-state index is 0.0147. The van der Waals surface area contributed by atoms with Crippen LogP contribution in [0.4, 0.5) is 8.78 Å². The summed E-state index contributed by atoms with van der Waals surface area (Å²) in [6.07, 6.45) is 1.62. The molecule has 1 N–H and O–H groups in total. The highest BCUT2D eigenvalue weighted by molar-refractivity contribution is 5.81. The first kappa shape index (κ1) is 15.3. The molecule has 1 spiro atoms.